The molecule has 10 rings (SSSR count). The van der Waals surface area contributed by atoms with Gasteiger partial charge in [0.05, 0.1) is 24.5 Å². The highest BCUT2D eigenvalue weighted by Gasteiger charge is 2.59. The van der Waals surface area contributed by atoms with Crippen molar-refractivity contribution in [2.24, 2.45) is 5.92 Å². The third-order valence-electron chi connectivity index (χ3n) is 13.7. The Morgan fingerprint density at radius 2 is 1.76 bits per heavy atom. The molecule has 3 amide bonds. The molecule has 0 spiro atoms. The van der Waals surface area contributed by atoms with Crippen LogP contribution >= 0.6 is 0 Å². The Hall–Kier alpha value is -6.55. The molecule has 6 aromatic rings. The van der Waals surface area contributed by atoms with Crippen molar-refractivity contribution < 1.29 is 29.4 Å². The van der Waals surface area contributed by atoms with Gasteiger partial charge in [0.1, 0.15) is 22.8 Å². The van der Waals surface area contributed by atoms with Gasteiger partial charge in [-0.25, -0.2) is 23.5 Å². The van der Waals surface area contributed by atoms with E-state index in [1.54, 1.807) is 42.9 Å². The first kappa shape index (κ1) is 40.5. The van der Waals surface area contributed by atoms with Crippen molar-refractivity contribution >= 4 is 28.8 Å². The van der Waals surface area contributed by atoms with Gasteiger partial charge in [-0.3, -0.25) is 24.0 Å². The summed E-state index contributed by atoms with van der Waals surface area (Å²) >= 11 is 0. The topological polar surface area (TPSA) is 161 Å². The van der Waals surface area contributed by atoms with Gasteiger partial charge < -0.3 is 23.8 Å². The minimum atomic E-state index is -0.840. The molecule has 3 aliphatic heterocycles. The van der Waals surface area contributed by atoms with E-state index in [2.05, 4.69) is 35.3 Å². The molecular weight excluding hydrogens is 808 g/mol. The maximum atomic E-state index is 15.3. The second-order valence-corrected chi connectivity index (χ2v) is 17.5. The van der Waals surface area contributed by atoms with Crippen molar-refractivity contribution in [3.8, 4) is 11.4 Å². The highest BCUT2D eigenvalue weighted by atomic mass is 19.1. The number of aromatic nitrogens is 5. The number of carbonyl (C=O) groups is 2. The molecule has 1 aliphatic carbocycles. The molecule has 1 N–H and O–H groups in total. The Morgan fingerprint density at radius 1 is 1.00 bits per heavy atom. The summed E-state index contributed by atoms with van der Waals surface area (Å²) < 4.78 is 34.5. The van der Waals surface area contributed by atoms with Crippen LogP contribution in [0.1, 0.15) is 96.3 Å². The Bertz CT molecular complexity index is 2930. The number of rotatable bonds is 9. The third kappa shape index (κ3) is 6.64. The SMILES string of the molecule is COc1cccc(CN2CCN(c3nc4c(c(=O)n3-c3cc(C)c(F)c(C)c3)CCN(C(=O)c3cc5cc(C6CCOCC6)ccc5n3[C@@]3(c5noc(=O)[nH]5)C[C@@H]3C)[C@@H]4C)C2=O)c1.[HH]. The number of ether oxygens (including phenoxy) is 2. The lowest BCUT2D eigenvalue weighted by Gasteiger charge is -2.36. The highest BCUT2D eigenvalue weighted by molar-refractivity contribution is 6.00. The smallest absolute Gasteiger partial charge is 0.438 e. The molecule has 3 fully saturated rings. The summed E-state index contributed by atoms with van der Waals surface area (Å²) in [5.74, 6) is 0.135. The molecule has 6 heterocycles. The first-order valence-corrected chi connectivity index (χ1v) is 21.6. The summed E-state index contributed by atoms with van der Waals surface area (Å²) in [5, 5.41) is 5.03. The van der Waals surface area contributed by atoms with Crippen molar-refractivity contribution in [3.05, 3.63) is 132 Å². The summed E-state index contributed by atoms with van der Waals surface area (Å²) in [7, 11) is 1.59. The molecule has 1 saturated carbocycles. The second kappa shape index (κ2) is 15.4. The molecular formula is C47H51FN8O7. The number of urea groups is 1. The fourth-order valence-electron chi connectivity index (χ4n) is 10.2. The number of nitrogens with one attached hydrogen (secondary N) is 1. The summed E-state index contributed by atoms with van der Waals surface area (Å²) in [6.45, 7) is 9.70. The van der Waals surface area contributed by atoms with Crippen LogP contribution in [0.15, 0.2) is 74.8 Å². The van der Waals surface area contributed by atoms with Gasteiger partial charge in [-0.05, 0) is 123 Å². The molecule has 2 saturated heterocycles. The fraction of sp³-hybridized carbons (Fsp3) is 0.404. The normalized spacial score (nSPS) is 21.4. The number of benzene rings is 3. The number of halogens is 1. The minimum Gasteiger partial charge on any atom is -0.497 e. The number of hydrogen-bond donors (Lipinski definition) is 1. The highest BCUT2D eigenvalue weighted by Crippen LogP contribution is 2.56. The third-order valence-corrected chi connectivity index (χ3v) is 13.7. The minimum absolute atomic E-state index is 0. The summed E-state index contributed by atoms with van der Waals surface area (Å²) in [5.41, 5.74) is 3.97. The zero-order valence-corrected chi connectivity index (χ0v) is 35.9. The number of anilines is 1. The standard InChI is InChI=1S/C47H49FN8O7.H2/c1-26-19-34(20-27(2)39(26)48)55-41(57)36-11-14-53(29(4)40(36)49-44(55)54-16-15-52(46(54)60)25-30-7-6-8-35(21-30)61-5)42(58)38-23-33-22-32(31-12-17-62-18-13-31)9-10-37(33)56(38)47(24-28(47)3)43-50-45(59)63-51-43;/h6-10,19-23,28-29,31H,11-18,24-25H2,1-5H3,(H,50,51,59);1H/t28-,29+,47-;/m0./s1. The van der Waals surface area contributed by atoms with Crippen molar-refractivity contribution in [1.29, 1.82) is 0 Å². The number of amides is 3. The van der Waals surface area contributed by atoms with Gasteiger partial charge in [0.25, 0.3) is 11.5 Å². The molecule has 328 valence electrons. The van der Waals surface area contributed by atoms with E-state index in [1.165, 1.54) is 15.0 Å². The number of nitrogens with zero attached hydrogens (tertiary/aromatic N) is 7. The van der Waals surface area contributed by atoms with Crippen molar-refractivity contribution in [1.82, 2.24) is 34.1 Å². The predicted molar refractivity (Wildman–Crippen MR) is 233 cm³/mol. The lowest BCUT2D eigenvalue weighted by atomic mass is 9.91. The van der Waals surface area contributed by atoms with Crippen LogP contribution in [-0.2, 0) is 23.2 Å². The molecule has 4 aliphatic rings. The first-order chi connectivity index (χ1) is 30.4. The number of aryl methyl sites for hydroxylation is 2. The maximum absolute atomic E-state index is 15.3. The number of methoxy groups -OCH3 is 1. The summed E-state index contributed by atoms with van der Waals surface area (Å²) in [6, 6.07) is 17.9. The van der Waals surface area contributed by atoms with Crippen LogP contribution < -0.4 is 21.0 Å². The molecule has 3 aromatic heterocycles. The van der Waals surface area contributed by atoms with Gasteiger partial charge in [0, 0.05) is 57.3 Å². The number of hydrogen-bond acceptors (Lipinski definition) is 9. The number of carbonyl (C=O) groups excluding carboxylic acids is 2. The molecule has 15 nitrogen and oxygen atoms in total. The van der Waals surface area contributed by atoms with Gasteiger partial charge in [-0.1, -0.05) is 30.3 Å². The number of H-pyrrole nitrogens is 1. The lowest BCUT2D eigenvalue weighted by molar-refractivity contribution is 0.0658. The van der Waals surface area contributed by atoms with Crippen LogP contribution in [-0.4, -0.2) is 86.0 Å². The number of aromatic amines is 1. The molecule has 0 unspecified atom stereocenters. The monoisotopic (exact) mass is 858 g/mol. The zero-order chi connectivity index (χ0) is 43.9. The van der Waals surface area contributed by atoms with Crippen LogP contribution in [0.2, 0.25) is 0 Å². The molecule has 3 atom stereocenters. The molecule has 0 radical (unpaired) electrons. The van der Waals surface area contributed by atoms with Gasteiger partial charge in [-0.15, -0.1) is 0 Å². The van der Waals surface area contributed by atoms with Crippen LogP contribution in [0.5, 0.6) is 5.75 Å². The predicted octanol–water partition coefficient (Wildman–Crippen LogP) is 6.75. The largest absolute Gasteiger partial charge is 0.497 e. The van der Waals surface area contributed by atoms with Gasteiger partial charge in [0.2, 0.25) is 5.95 Å². The van der Waals surface area contributed by atoms with Crippen LogP contribution in [0.3, 0.4) is 0 Å². The Kier molecular flexibility index (Phi) is 9.88. The zero-order valence-electron chi connectivity index (χ0n) is 35.9. The van der Waals surface area contributed by atoms with Crippen molar-refractivity contribution in [2.75, 3.05) is 44.9 Å². The molecule has 16 heteroatoms. The van der Waals surface area contributed by atoms with E-state index in [1.807, 2.05) is 41.8 Å². The number of fused-ring (bicyclic) bond motifs is 2. The van der Waals surface area contributed by atoms with Crippen molar-refractivity contribution in [3.63, 3.8) is 0 Å². The van der Waals surface area contributed by atoms with E-state index < -0.39 is 17.3 Å². The molecule has 3 aromatic carbocycles. The average Bonchev–Trinajstić information content (AvgIpc) is 3.58. The maximum Gasteiger partial charge on any atom is 0.438 e. The van der Waals surface area contributed by atoms with E-state index in [0.717, 1.165) is 29.3 Å². The van der Waals surface area contributed by atoms with Gasteiger partial charge in [0.15, 0.2) is 5.82 Å². The van der Waals surface area contributed by atoms with E-state index in [4.69, 9.17) is 19.0 Å². The van der Waals surface area contributed by atoms with Gasteiger partial charge >= 0.3 is 11.8 Å². The van der Waals surface area contributed by atoms with Gasteiger partial charge in [-0.2, -0.15) is 0 Å². The van der Waals surface area contributed by atoms with Crippen LogP contribution in [0.4, 0.5) is 15.1 Å². The second-order valence-electron chi connectivity index (χ2n) is 17.5. The lowest BCUT2D eigenvalue weighted by Crippen LogP contribution is -2.45. The summed E-state index contributed by atoms with van der Waals surface area (Å²) in [6.07, 6.45) is 2.62. The average molecular weight is 859 g/mol. The quantitative estimate of drug-likeness (QED) is 0.166. The fourth-order valence-corrected chi connectivity index (χ4v) is 10.2. The van der Waals surface area contributed by atoms with E-state index in [0.29, 0.717) is 84.0 Å². The molecule has 63 heavy (non-hydrogen) atoms. The Labute approximate surface area is 363 Å². The van der Waals surface area contributed by atoms with Crippen LogP contribution in [0.25, 0.3) is 16.6 Å². The molecule has 0 bridgehead atoms. The summed E-state index contributed by atoms with van der Waals surface area (Å²) in [4.78, 5) is 69.7. The van der Waals surface area contributed by atoms with E-state index in [-0.39, 0.29) is 56.1 Å². The Morgan fingerprint density at radius 3 is 2.46 bits per heavy atom. The van der Waals surface area contributed by atoms with E-state index in [9.17, 15) is 14.4 Å². The van der Waals surface area contributed by atoms with Crippen LogP contribution in [0, 0.1) is 25.6 Å². The first-order valence-electron chi connectivity index (χ1n) is 21.6. The van der Waals surface area contributed by atoms with Crippen molar-refractivity contribution in [2.45, 2.75) is 77.4 Å². The van der Waals surface area contributed by atoms with E-state index >= 15 is 9.18 Å². The Balaban J connectivity index is 0.00000518.